The summed E-state index contributed by atoms with van der Waals surface area (Å²) in [5.74, 6) is -0.265. The summed E-state index contributed by atoms with van der Waals surface area (Å²) in [4.78, 5) is 8.98. The van der Waals surface area contributed by atoms with Crippen LogP contribution in [0.5, 0.6) is 0 Å². The third-order valence-electron chi connectivity index (χ3n) is 4.87. The largest absolute Gasteiger partial charge is 0.330 e. The van der Waals surface area contributed by atoms with Crippen molar-refractivity contribution >= 4 is 5.71 Å². The quantitative estimate of drug-likeness (QED) is 0.366. The van der Waals surface area contributed by atoms with Crippen molar-refractivity contribution in [3.63, 3.8) is 0 Å². The molecule has 29 heavy (non-hydrogen) atoms. The molecule has 152 valence electrons. The van der Waals surface area contributed by atoms with E-state index in [1.165, 1.54) is 17.3 Å². The monoisotopic (exact) mass is 391 g/mol. The Labute approximate surface area is 173 Å². The van der Waals surface area contributed by atoms with Gasteiger partial charge in [0.05, 0.1) is 6.33 Å². The Morgan fingerprint density at radius 1 is 1.24 bits per heavy atom. The van der Waals surface area contributed by atoms with Crippen molar-refractivity contribution < 1.29 is 4.39 Å². The molecule has 4 heteroatoms. The van der Waals surface area contributed by atoms with E-state index in [0.29, 0.717) is 35.5 Å². The molecule has 0 aliphatic rings. The number of rotatable bonds is 8. The normalized spacial score (nSPS) is 13.7. The molecule has 0 aliphatic heterocycles. The highest BCUT2D eigenvalue weighted by atomic mass is 19.1. The number of aryl methyl sites for hydroxylation is 1. The van der Waals surface area contributed by atoms with E-state index in [1.807, 2.05) is 32.9 Å². The lowest BCUT2D eigenvalue weighted by molar-refractivity contribution is 0.641. The second-order valence-corrected chi connectivity index (χ2v) is 7.01. The Morgan fingerprint density at radius 3 is 2.52 bits per heavy atom. The van der Waals surface area contributed by atoms with Crippen molar-refractivity contribution in [2.75, 3.05) is 0 Å². The maximum absolute atomic E-state index is 15.2. The molecule has 3 nitrogen and oxygen atoms in total. The van der Waals surface area contributed by atoms with Crippen LogP contribution in [-0.4, -0.2) is 15.3 Å². The second kappa shape index (κ2) is 10.5. The van der Waals surface area contributed by atoms with Crippen LogP contribution in [0.3, 0.4) is 0 Å². The summed E-state index contributed by atoms with van der Waals surface area (Å²) < 4.78 is 17.3. The van der Waals surface area contributed by atoms with Crippen molar-refractivity contribution in [2.24, 2.45) is 4.99 Å². The Bertz CT molecular complexity index is 970. The van der Waals surface area contributed by atoms with Crippen molar-refractivity contribution in [3.05, 3.63) is 101 Å². The Balaban J connectivity index is 2.52. The lowest BCUT2D eigenvalue weighted by atomic mass is 10.0. The Hall–Kier alpha value is -3.01. The van der Waals surface area contributed by atoms with Crippen molar-refractivity contribution in [1.82, 2.24) is 9.55 Å². The maximum Gasteiger partial charge on any atom is 0.131 e. The molecule has 0 fully saturated rings. The van der Waals surface area contributed by atoms with Crippen LogP contribution in [0.2, 0.25) is 0 Å². The van der Waals surface area contributed by atoms with Gasteiger partial charge < -0.3 is 4.57 Å². The second-order valence-electron chi connectivity index (χ2n) is 7.01. The molecule has 2 aromatic rings. The molecule has 0 radical (unpaired) electrons. The Kier molecular flexibility index (Phi) is 8.08. The van der Waals surface area contributed by atoms with E-state index in [9.17, 15) is 0 Å². The van der Waals surface area contributed by atoms with Crippen LogP contribution in [0.15, 0.2) is 83.6 Å². The van der Waals surface area contributed by atoms with E-state index >= 15 is 4.39 Å². The van der Waals surface area contributed by atoms with E-state index in [0.717, 1.165) is 5.69 Å². The smallest absolute Gasteiger partial charge is 0.131 e. The third-order valence-corrected chi connectivity index (χ3v) is 4.87. The first-order valence-electron chi connectivity index (χ1n) is 9.88. The lowest BCUT2D eigenvalue weighted by Gasteiger charge is -2.11. The first-order chi connectivity index (χ1) is 13.9. The summed E-state index contributed by atoms with van der Waals surface area (Å²) in [5.41, 5.74) is 5.59. The predicted octanol–water partition coefficient (Wildman–Crippen LogP) is 6.64. The summed E-state index contributed by atoms with van der Waals surface area (Å²) in [7, 11) is 0. The lowest BCUT2D eigenvalue weighted by Crippen LogP contribution is -2.10. The number of hydrogen-bond donors (Lipinski definition) is 0. The van der Waals surface area contributed by atoms with Crippen molar-refractivity contribution in [2.45, 2.75) is 47.6 Å². The summed E-state index contributed by atoms with van der Waals surface area (Å²) in [6.07, 6.45) is 9.27. The van der Waals surface area contributed by atoms with Gasteiger partial charge in [0.1, 0.15) is 17.2 Å². The minimum atomic E-state index is -0.265. The number of halogens is 1. The molecule has 2 rings (SSSR count). The predicted molar refractivity (Wildman–Crippen MR) is 121 cm³/mol. The molecule has 0 spiro atoms. The summed E-state index contributed by atoms with van der Waals surface area (Å²) >= 11 is 0. The van der Waals surface area contributed by atoms with Gasteiger partial charge in [0.15, 0.2) is 0 Å². The molecule has 1 heterocycles. The van der Waals surface area contributed by atoms with Crippen LogP contribution in [0.4, 0.5) is 4.39 Å². The van der Waals surface area contributed by atoms with E-state index in [4.69, 9.17) is 0 Å². The fourth-order valence-corrected chi connectivity index (χ4v) is 2.91. The number of aromatic nitrogens is 2. The zero-order chi connectivity index (χ0) is 21.4. The average Bonchev–Trinajstić information content (AvgIpc) is 3.08. The summed E-state index contributed by atoms with van der Waals surface area (Å²) in [6.45, 7) is 14.1. The fourth-order valence-electron chi connectivity index (χ4n) is 2.91. The first kappa shape index (κ1) is 22.3. The third kappa shape index (κ3) is 5.50. The van der Waals surface area contributed by atoms with Crippen molar-refractivity contribution in [1.29, 1.82) is 0 Å². The number of allylic oxidation sites excluding steroid dienone is 6. The minimum Gasteiger partial charge on any atom is -0.330 e. The zero-order valence-corrected chi connectivity index (χ0v) is 18.0. The molecule has 0 atom stereocenters. The highest BCUT2D eigenvalue weighted by Crippen LogP contribution is 2.25. The Morgan fingerprint density at radius 2 is 1.93 bits per heavy atom. The molecule has 0 amide bonds. The van der Waals surface area contributed by atoms with Gasteiger partial charge >= 0.3 is 0 Å². The SMILES string of the molecule is C=CN=C(/C(=C/C=C\C)C(F)=C(C)CC)c1ncn(Cc2ccc(C)cc2)c1C. The van der Waals surface area contributed by atoms with Gasteiger partial charge in [-0.1, -0.05) is 61.6 Å². The topological polar surface area (TPSA) is 30.2 Å². The van der Waals surface area contributed by atoms with Gasteiger partial charge in [-0.3, -0.25) is 4.99 Å². The first-order valence-corrected chi connectivity index (χ1v) is 9.88. The average molecular weight is 392 g/mol. The molecule has 0 unspecified atom stereocenters. The van der Waals surface area contributed by atoms with E-state index < -0.39 is 0 Å². The molecule has 1 aromatic carbocycles. The molecular weight excluding hydrogens is 361 g/mol. The van der Waals surface area contributed by atoms with Crippen LogP contribution < -0.4 is 0 Å². The van der Waals surface area contributed by atoms with E-state index in [-0.39, 0.29) is 5.83 Å². The van der Waals surface area contributed by atoms with Crippen LogP contribution >= 0.6 is 0 Å². The van der Waals surface area contributed by atoms with Crippen LogP contribution in [0.1, 0.15) is 49.7 Å². The van der Waals surface area contributed by atoms with Crippen molar-refractivity contribution in [3.8, 4) is 0 Å². The van der Waals surface area contributed by atoms with Gasteiger partial charge in [0, 0.05) is 24.0 Å². The highest BCUT2D eigenvalue weighted by molar-refractivity contribution is 6.15. The van der Waals surface area contributed by atoms with Gasteiger partial charge in [-0.2, -0.15) is 0 Å². The molecule has 1 aromatic heterocycles. The molecule has 0 bridgehead atoms. The maximum atomic E-state index is 15.2. The number of imidazole rings is 1. The molecule has 0 saturated carbocycles. The van der Waals surface area contributed by atoms with Gasteiger partial charge in [-0.15, -0.1) is 0 Å². The summed E-state index contributed by atoms with van der Waals surface area (Å²) in [6, 6.07) is 8.41. The number of aliphatic imine (C=N–C) groups is 1. The number of benzene rings is 1. The van der Waals surface area contributed by atoms with Gasteiger partial charge in [-0.25, -0.2) is 9.37 Å². The summed E-state index contributed by atoms with van der Waals surface area (Å²) in [5, 5.41) is 0. The minimum absolute atomic E-state index is 0.265. The molecule has 0 aliphatic carbocycles. The van der Waals surface area contributed by atoms with Gasteiger partial charge in [-0.05, 0) is 45.3 Å². The van der Waals surface area contributed by atoms with Crippen LogP contribution in [0, 0.1) is 13.8 Å². The standard InChI is InChI=1S/C25H30FN3/c1-7-10-11-22(23(26)19(5)8-2)25(27-9-3)24-20(6)29(17-28-24)16-21-14-12-18(4)13-15-21/h7,9-15,17H,3,8,16H2,1-2,4-6H3/b10-7-,22-11+,23-19?,27-25?. The fraction of sp³-hybridized carbons (Fsp3) is 0.280. The zero-order valence-electron chi connectivity index (χ0n) is 18.0. The molecule has 0 saturated heterocycles. The van der Waals surface area contributed by atoms with Gasteiger partial charge in [0.25, 0.3) is 0 Å². The molecule has 0 N–H and O–H groups in total. The van der Waals surface area contributed by atoms with E-state index in [2.05, 4.69) is 52.3 Å². The molecular formula is C25H30FN3. The van der Waals surface area contributed by atoms with Crippen LogP contribution in [0.25, 0.3) is 0 Å². The van der Waals surface area contributed by atoms with E-state index in [1.54, 1.807) is 19.3 Å². The van der Waals surface area contributed by atoms with Gasteiger partial charge in [0.2, 0.25) is 0 Å². The van der Waals surface area contributed by atoms with Crippen LogP contribution in [-0.2, 0) is 6.54 Å². The number of nitrogens with zero attached hydrogens (tertiary/aromatic N) is 3. The highest BCUT2D eigenvalue weighted by Gasteiger charge is 2.21. The number of hydrogen-bond acceptors (Lipinski definition) is 2.